The Morgan fingerprint density at radius 3 is 2.56 bits per heavy atom. The van der Waals surface area contributed by atoms with E-state index in [1.165, 1.54) is 17.2 Å². The molecule has 0 fully saturated rings. The van der Waals surface area contributed by atoms with Crippen LogP contribution in [0.1, 0.15) is 33.8 Å². The summed E-state index contributed by atoms with van der Waals surface area (Å²) in [6.45, 7) is 8.62. The minimum Gasteiger partial charge on any atom is -0.319 e. The van der Waals surface area contributed by atoms with Crippen LogP contribution in [0.3, 0.4) is 0 Å². The summed E-state index contributed by atoms with van der Waals surface area (Å²) in [5, 5.41) is 11.7. The Bertz CT molecular complexity index is 1010. The highest BCUT2D eigenvalue weighted by molar-refractivity contribution is 6.02. The van der Waals surface area contributed by atoms with Crippen molar-refractivity contribution in [3.63, 3.8) is 0 Å². The summed E-state index contributed by atoms with van der Waals surface area (Å²) in [4.78, 5) is 12.4. The van der Waals surface area contributed by atoms with Crippen molar-refractivity contribution in [3.8, 4) is 0 Å². The zero-order chi connectivity index (χ0) is 19.6. The third-order valence-corrected chi connectivity index (χ3v) is 4.90. The fraction of sp³-hybridized carbons (Fsp3) is 0.286. The van der Waals surface area contributed by atoms with Crippen molar-refractivity contribution in [2.75, 3.05) is 5.32 Å². The molecule has 0 saturated carbocycles. The first kappa shape index (κ1) is 18.6. The Hall–Kier alpha value is -3.15. The number of nitrogens with one attached hydrogen (secondary N) is 1. The molecule has 1 aromatic carbocycles. The molecule has 6 nitrogen and oxygen atoms in total. The van der Waals surface area contributed by atoms with Crippen molar-refractivity contribution in [1.82, 2.24) is 19.6 Å². The molecule has 0 bridgehead atoms. The van der Waals surface area contributed by atoms with Gasteiger partial charge in [0, 0.05) is 24.4 Å². The van der Waals surface area contributed by atoms with Gasteiger partial charge in [0.15, 0.2) is 0 Å². The molecular weight excluding hydrogens is 338 g/mol. The van der Waals surface area contributed by atoms with Gasteiger partial charge in [-0.15, -0.1) is 0 Å². The molecular formula is C21H25N5O. The van der Waals surface area contributed by atoms with Crippen molar-refractivity contribution in [1.29, 1.82) is 0 Å². The van der Waals surface area contributed by atoms with E-state index in [0.717, 1.165) is 28.3 Å². The summed E-state index contributed by atoms with van der Waals surface area (Å²) in [5.74, 6) is -0.181. The number of aryl methyl sites for hydroxylation is 3. The Kier molecular flexibility index (Phi) is 5.26. The summed E-state index contributed by atoms with van der Waals surface area (Å²) >= 11 is 0. The topological polar surface area (TPSA) is 64.7 Å². The molecule has 1 N–H and O–H groups in total. The van der Waals surface area contributed by atoms with Crippen LogP contribution in [-0.4, -0.2) is 25.5 Å². The Morgan fingerprint density at radius 1 is 1.15 bits per heavy atom. The van der Waals surface area contributed by atoms with Crippen molar-refractivity contribution in [2.45, 2.75) is 34.2 Å². The van der Waals surface area contributed by atoms with E-state index >= 15 is 0 Å². The van der Waals surface area contributed by atoms with Crippen LogP contribution in [-0.2, 0) is 18.4 Å². The van der Waals surface area contributed by atoms with Crippen LogP contribution in [0.25, 0.3) is 6.08 Å². The van der Waals surface area contributed by atoms with Gasteiger partial charge in [-0.1, -0.05) is 24.3 Å². The van der Waals surface area contributed by atoms with Gasteiger partial charge in [0.1, 0.15) is 0 Å². The lowest BCUT2D eigenvalue weighted by molar-refractivity contribution is -0.111. The van der Waals surface area contributed by atoms with E-state index < -0.39 is 0 Å². The minimum absolute atomic E-state index is 0.181. The van der Waals surface area contributed by atoms with Crippen molar-refractivity contribution in [2.24, 2.45) is 7.05 Å². The van der Waals surface area contributed by atoms with E-state index in [0.29, 0.717) is 6.54 Å². The number of nitrogens with zero attached hydrogens (tertiary/aromatic N) is 4. The average Bonchev–Trinajstić information content (AvgIpc) is 3.09. The van der Waals surface area contributed by atoms with E-state index in [1.54, 1.807) is 17.0 Å². The molecule has 0 aliphatic carbocycles. The molecule has 0 spiro atoms. The molecule has 2 heterocycles. The lowest BCUT2D eigenvalue weighted by atomic mass is 10.1. The van der Waals surface area contributed by atoms with Crippen molar-refractivity contribution < 1.29 is 4.79 Å². The fourth-order valence-corrected chi connectivity index (χ4v) is 2.99. The van der Waals surface area contributed by atoms with Crippen LogP contribution in [0.5, 0.6) is 0 Å². The molecule has 0 aliphatic heterocycles. The largest absolute Gasteiger partial charge is 0.319 e. The van der Waals surface area contributed by atoms with Crippen LogP contribution in [0.2, 0.25) is 0 Å². The van der Waals surface area contributed by atoms with Crippen molar-refractivity contribution in [3.05, 3.63) is 70.3 Å². The van der Waals surface area contributed by atoms with Gasteiger partial charge in [-0.2, -0.15) is 10.2 Å². The van der Waals surface area contributed by atoms with Gasteiger partial charge in [0.2, 0.25) is 5.91 Å². The summed E-state index contributed by atoms with van der Waals surface area (Å²) in [5.41, 5.74) is 6.89. The van der Waals surface area contributed by atoms with Gasteiger partial charge >= 0.3 is 0 Å². The maximum absolute atomic E-state index is 12.4. The highest BCUT2D eigenvalue weighted by atomic mass is 16.1. The Labute approximate surface area is 159 Å². The van der Waals surface area contributed by atoms with Crippen LogP contribution in [0.4, 0.5) is 5.69 Å². The van der Waals surface area contributed by atoms with E-state index in [-0.39, 0.29) is 5.91 Å². The molecule has 0 radical (unpaired) electrons. The molecule has 0 saturated heterocycles. The van der Waals surface area contributed by atoms with Crippen LogP contribution < -0.4 is 5.32 Å². The predicted molar refractivity (Wildman–Crippen MR) is 108 cm³/mol. The van der Waals surface area contributed by atoms with Crippen molar-refractivity contribution >= 4 is 17.7 Å². The van der Waals surface area contributed by atoms with Gasteiger partial charge in [0.05, 0.1) is 29.8 Å². The number of aromatic nitrogens is 4. The van der Waals surface area contributed by atoms with E-state index in [1.807, 2.05) is 44.6 Å². The first-order valence-corrected chi connectivity index (χ1v) is 8.93. The Morgan fingerprint density at radius 2 is 1.89 bits per heavy atom. The second-order valence-electron chi connectivity index (χ2n) is 6.76. The van der Waals surface area contributed by atoms with Crippen LogP contribution in [0.15, 0.2) is 36.5 Å². The van der Waals surface area contributed by atoms with E-state index in [2.05, 4.69) is 34.6 Å². The van der Waals surface area contributed by atoms with Gasteiger partial charge in [-0.05, 0) is 44.9 Å². The summed E-state index contributed by atoms with van der Waals surface area (Å²) in [6, 6.07) is 8.25. The first-order valence-electron chi connectivity index (χ1n) is 8.93. The number of carbonyl (C=O) groups excluding carboxylic acids is 1. The smallest absolute Gasteiger partial charge is 0.248 e. The summed E-state index contributed by atoms with van der Waals surface area (Å²) < 4.78 is 3.71. The van der Waals surface area contributed by atoms with Crippen LogP contribution >= 0.6 is 0 Å². The van der Waals surface area contributed by atoms with E-state index in [9.17, 15) is 4.79 Å². The standard InChI is InChI=1S/C21H25N5O/c1-14-8-6-7-9-19(14)13-26-17(4)21(15(2)24-26)23-20(27)11-10-18-12-22-25(5)16(18)3/h6-12H,13H2,1-5H3,(H,23,27)/b11-10+. The van der Waals surface area contributed by atoms with Crippen LogP contribution in [0, 0.1) is 27.7 Å². The molecule has 3 aromatic rings. The number of hydrogen-bond acceptors (Lipinski definition) is 3. The lowest BCUT2D eigenvalue weighted by Crippen LogP contribution is -2.10. The number of anilines is 1. The van der Waals surface area contributed by atoms with Gasteiger partial charge in [0.25, 0.3) is 0 Å². The molecule has 0 atom stereocenters. The number of amides is 1. The molecule has 27 heavy (non-hydrogen) atoms. The lowest BCUT2D eigenvalue weighted by Gasteiger charge is -2.08. The maximum Gasteiger partial charge on any atom is 0.248 e. The number of benzene rings is 1. The molecule has 0 aliphatic rings. The third kappa shape index (κ3) is 4.00. The van der Waals surface area contributed by atoms with Gasteiger partial charge in [-0.25, -0.2) is 0 Å². The molecule has 1 amide bonds. The third-order valence-electron chi connectivity index (χ3n) is 4.90. The fourth-order valence-electron chi connectivity index (χ4n) is 2.99. The predicted octanol–water partition coefficient (Wildman–Crippen LogP) is 3.55. The van der Waals surface area contributed by atoms with E-state index in [4.69, 9.17) is 0 Å². The number of carbonyl (C=O) groups is 1. The van der Waals surface area contributed by atoms with Gasteiger partial charge < -0.3 is 5.32 Å². The average molecular weight is 363 g/mol. The normalized spacial score (nSPS) is 11.3. The minimum atomic E-state index is -0.181. The first-order chi connectivity index (χ1) is 12.9. The highest BCUT2D eigenvalue weighted by Gasteiger charge is 2.14. The SMILES string of the molecule is Cc1ccccc1Cn1nc(C)c(NC(=O)/C=C/c2cnn(C)c2C)c1C. The molecule has 0 unspecified atom stereocenters. The second-order valence-corrected chi connectivity index (χ2v) is 6.76. The second kappa shape index (κ2) is 7.61. The number of hydrogen-bond donors (Lipinski definition) is 1. The Balaban J connectivity index is 1.75. The molecule has 3 rings (SSSR count). The number of rotatable bonds is 5. The van der Waals surface area contributed by atoms with Gasteiger partial charge in [-0.3, -0.25) is 14.2 Å². The zero-order valence-corrected chi connectivity index (χ0v) is 16.4. The summed E-state index contributed by atoms with van der Waals surface area (Å²) in [7, 11) is 1.88. The monoisotopic (exact) mass is 363 g/mol. The molecule has 140 valence electrons. The quantitative estimate of drug-likeness (QED) is 0.705. The highest BCUT2D eigenvalue weighted by Crippen LogP contribution is 2.21. The zero-order valence-electron chi connectivity index (χ0n) is 16.4. The molecule has 2 aromatic heterocycles. The maximum atomic E-state index is 12.4. The molecule has 6 heteroatoms. The summed E-state index contributed by atoms with van der Waals surface area (Å²) in [6.07, 6.45) is 5.05.